The second kappa shape index (κ2) is 9.03. The van der Waals surface area contributed by atoms with E-state index in [-0.39, 0.29) is 17.3 Å². The normalized spacial score (nSPS) is 10.8. The Morgan fingerprint density at radius 1 is 1.29 bits per heavy atom. The van der Waals surface area contributed by atoms with Crippen LogP contribution >= 0.6 is 23.1 Å². The van der Waals surface area contributed by atoms with Crippen LogP contribution in [-0.4, -0.2) is 40.1 Å². The van der Waals surface area contributed by atoms with Crippen molar-refractivity contribution in [3.05, 3.63) is 58.1 Å². The summed E-state index contributed by atoms with van der Waals surface area (Å²) in [5.74, 6) is 1.06. The standard InChI is InChI=1S/C19H19N3O4S2/c1-3-26-15-7-4-13(5-8-15)11-21(2)18(23)12-27-19-20-16-9-6-14(22(24)25)10-17(16)28-19/h4-10H,3,11-12H2,1-2H3. The van der Waals surface area contributed by atoms with Gasteiger partial charge in [-0.15, -0.1) is 11.3 Å². The lowest BCUT2D eigenvalue weighted by Gasteiger charge is -2.17. The molecule has 0 aliphatic rings. The summed E-state index contributed by atoms with van der Waals surface area (Å²) in [6.07, 6.45) is 0. The summed E-state index contributed by atoms with van der Waals surface area (Å²) >= 11 is 2.70. The van der Waals surface area contributed by atoms with Crippen molar-refractivity contribution in [3.8, 4) is 5.75 Å². The van der Waals surface area contributed by atoms with Gasteiger partial charge in [0.2, 0.25) is 5.91 Å². The molecule has 0 atom stereocenters. The van der Waals surface area contributed by atoms with Gasteiger partial charge in [-0.3, -0.25) is 14.9 Å². The first-order chi connectivity index (χ1) is 13.5. The summed E-state index contributed by atoms with van der Waals surface area (Å²) in [6, 6.07) is 12.3. The third kappa shape index (κ3) is 4.99. The largest absolute Gasteiger partial charge is 0.494 e. The molecular weight excluding hydrogens is 398 g/mol. The average Bonchev–Trinajstić information content (AvgIpc) is 3.09. The Morgan fingerprint density at radius 3 is 2.71 bits per heavy atom. The quantitative estimate of drug-likeness (QED) is 0.308. The van der Waals surface area contributed by atoms with Gasteiger partial charge in [0.25, 0.3) is 5.69 Å². The number of hydrogen-bond acceptors (Lipinski definition) is 7. The SMILES string of the molecule is CCOc1ccc(CN(C)C(=O)CSc2nc3ccc([N+](=O)[O-])cc3s2)cc1. The Kier molecular flexibility index (Phi) is 6.48. The maximum Gasteiger partial charge on any atom is 0.270 e. The van der Waals surface area contributed by atoms with Crippen LogP contribution < -0.4 is 4.74 Å². The number of benzene rings is 2. The van der Waals surface area contributed by atoms with Crippen LogP contribution in [0.5, 0.6) is 5.75 Å². The van der Waals surface area contributed by atoms with Crippen molar-refractivity contribution in [1.82, 2.24) is 9.88 Å². The van der Waals surface area contributed by atoms with E-state index in [1.165, 1.54) is 35.2 Å². The zero-order valence-corrected chi connectivity index (χ0v) is 17.1. The van der Waals surface area contributed by atoms with Gasteiger partial charge in [0.05, 0.1) is 27.5 Å². The van der Waals surface area contributed by atoms with Gasteiger partial charge < -0.3 is 9.64 Å². The first-order valence-electron chi connectivity index (χ1n) is 8.59. The highest BCUT2D eigenvalue weighted by Crippen LogP contribution is 2.31. The molecular formula is C19H19N3O4S2. The number of aromatic nitrogens is 1. The van der Waals surface area contributed by atoms with Gasteiger partial charge in [0.15, 0.2) is 4.34 Å². The smallest absolute Gasteiger partial charge is 0.270 e. The number of nitro groups is 1. The fourth-order valence-electron chi connectivity index (χ4n) is 2.52. The molecule has 0 aliphatic heterocycles. The van der Waals surface area contributed by atoms with Crippen molar-refractivity contribution in [2.24, 2.45) is 0 Å². The number of non-ortho nitro benzene ring substituents is 1. The second-order valence-corrected chi connectivity index (χ2v) is 8.26. The van der Waals surface area contributed by atoms with Gasteiger partial charge in [0.1, 0.15) is 5.75 Å². The maximum absolute atomic E-state index is 12.4. The summed E-state index contributed by atoms with van der Waals surface area (Å²) in [5.41, 5.74) is 1.77. The van der Waals surface area contributed by atoms with E-state index in [9.17, 15) is 14.9 Å². The van der Waals surface area contributed by atoms with E-state index >= 15 is 0 Å². The highest BCUT2D eigenvalue weighted by atomic mass is 32.2. The van der Waals surface area contributed by atoms with Crippen LogP contribution in [0.2, 0.25) is 0 Å². The summed E-state index contributed by atoms with van der Waals surface area (Å²) in [4.78, 5) is 29.0. The molecule has 0 fully saturated rings. The molecule has 7 nitrogen and oxygen atoms in total. The molecule has 0 unspecified atom stereocenters. The molecule has 0 N–H and O–H groups in total. The molecule has 0 spiro atoms. The van der Waals surface area contributed by atoms with Crippen LogP contribution in [0.1, 0.15) is 12.5 Å². The number of fused-ring (bicyclic) bond motifs is 1. The molecule has 1 aromatic heterocycles. The zero-order chi connectivity index (χ0) is 20.1. The van der Waals surface area contributed by atoms with Gasteiger partial charge in [0, 0.05) is 25.7 Å². The Balaban J connectivity index is 1.56. The average molecular weight is 418 g/mol. The van der Waals surface area contributed by atoms with Gasteiger partial charge in [-0.05, 0) is 30.7 Å². The van der Waals surface area contributed by atoms with Crippen molar-refractivity contribution in [3.63, 3.8) is 0 Å². The van der Waals surface area contributed by atoms with E-state index in [4.69, 9.17) is 4.74 Å². The fourth-order valence-corrected chi connectivity index (χ4v) is 4.56. The predicted octanol–water partition coefficient (Wildman–Crippen LogP) is 4.35. The molecule has 3 rings (SSSR count). The molecule has 0 aliphatic carbocycles. The van der Waals surface area contributed by atoms with Crippen molar-refractivity contribution >= 4 is 44.9 Å². The van der Waals surface area contributed by atoms with E-state index in [2.05, 4.69) is 4.98 Å². The number of thiazole rings is 1. The number of nitrogens with zero attached hydrogens (tertiary/aromatic N) is 3. The number of amides is 1. The van der Waals surface area contributed by atoms with Crippen molar-refractivity contribution in [2.75, 3.05) is 19.4 Å². The van der Waals surface area contributed by atoms with Crippen LogP contribution in [0.25, 0.3) is 10.2 Å². The van der Waals surface area contributed by atoms with Crippen molar-refractivity contribution in [1.29, 1.82) is 0 Å². The minimum Gasteiger partial charge on any atom is -0.494 e. The molecule has 9 heteroatoms. The Labute approximate surface area is 170 Å². The zero-order valence-electron chi connectivity index (χ0n) is 15.5. The van der Waals surface area contributed by atoms with Crippen molar-refractivity contribution in [2.45, 2.75) is 17.8 Å². The number of ether oxygens (including phenoxy) is 1. The van der Waals surface area contributed by atoms with E-state index in [0.717, 1.165) is 20.4 Å². The Bertz CT molecular complexity index is 989. The van der Waals surface area contributed by atoms with Crippen LogP contribution in [0.3, 0.4) is 0 Å². The molecule has 3 aromatic rings. The Morgan fingerprint density at radius 2 is 2.04 bits per heavy atom. The highest BCUT2D eigenvalue weighted by Gasteiger charge is 2.14. The van der Waals surface area contributed by atoms with E-state index in [1.54, 1.807) is 18.0 Å². The lowest BCUT2D eigenvalue weighted by Crippen LogP contribution is -2.27. The molecule has 146 valence electrons. The van der Waals surface area contributed by atoms with Crippen molar-refractivity contribution < 1.29 is 14.5 Å². The predicted molar refractivity (Wildman–Crippen MR) is 111 cm³/mol. The summed E-state index contributed by atoms with van der Waals surface area (Å²) in [7, 11) is 1.76. The lowest BCUT2D eigenvalue weighted by atomic mass is 10.2. The van der Waals surface area contributed by atoms with E-state index in [0.29, 0.717) is 18.7 Å². The van der Waals surface area contributed by atoms with Crippen LogP contribution in [0.15, 0.2) is 46.8 Å². The Hall–Kier alpha value is -2.65. The number of rotatable bonds is 8. The monoisotopic (exact) mass is 417 g/mol. The number of nitro benzene ring substituents is 1. The minimum absolute atomic E-state index is 0.0101. The third-order valence-corrected chi connectivity index (χ3v) is 6.11. The first-order valence-corrected chi connectivity index (χ1v) is 10.4. The van der Waals surface area contributed by atoms with Crippen LogP contribution in [0.4, 0.5) is 5.69 Å². The molecule has 1 heterocycles. The van der Waals surface area contributed by atoms with Gasteiger partial charge in [-0.25, -0.2) is 4.98 Å². The topological polar surface area (TPSA) is 85.6 Å². The first kappa shape index (κ1) is 20.1. The molecule has 0 radical (unpaired) electrons. The van der Waals surface area contributed by atoms with E-state index < -0.39 is 4.92 Å². The molecule has 0 saturated carbocycles. The van der Waals surface area contributed by atoms with Crippen LogP contribution in [0, 0.1) is 10.1 Å². The molecule has 0 saturated heterocycles. The molecule has 1 amide bonds. The molecule has 2 aromatic carbocycles. The van der Waals surface area contributed by atoms with E-state index in [1.807, 2.05) is 31.2 Å². The maximum atomic E-state index is 12.4. The number of carbonyl (C=O) groups is 1. The fraction of sp³-hybridized carbons (Fsp3) is 0.263. The van der Waals surface area contributed by atoms with Gasteiger partial charge in [-0.2, -0.15) is 0 Å². The number of carbonyl (C=O) groups excluding carboxylic acids is 1. The minimum atomic E-state index is -0.425. The number of thioether (sulfide) groups is 1. The molecule has 0 bridgehead atoms. The highest BCUT2D eigenvalue weighted by molar-refractivity contribution is 8.01. The summed E-state index contributed by atoms with van der Waals surface area (Å²) < 4.78 is 6.88. The summed E-state index contributed by atoms with van der Waals surface area (Å²) in [6.45, 7) is 3.07. The molecule has 28 heavy (non-hydrogen) atoms. The van der Waals surface area contributed by atoms with Gasteiger partial charge in [-0.1, -0.05) is 23.9 Å². The van der Waals surface area contributed by atoms with Gasteiger partial charge >= 0.3 is 0 Å². The third-order valence-electron chi connectivity index (χ3n) is 3.96. The van der Waals surface area contributed by atoms with Crippen LogP contribution in [-0.2, 0) is 11.3 Å². The summed E-state index contributed by atoms with van der Waals surface area (Å²) in [5, 5.41) is 10.9. The number of hydrogen-bond donors (Lipinski definition) is 0. The lowest BCUT2D eigenvalue weighted by molar-refractivity contribution is -0.384. The second-order valence-electron chi connectivity index (χ2n) is 6.00.